The molecular formula is C17H14N4O. The van der Waals surface area contributed by atoms with E-state index in [-0.39, 0.29) is 6.61 Å². The van der Waals surface area contributed by atoms with Crippen molar-refractivity contribution in [3.05, 3.63) is 60.0 Å². The van der Waals surface area contributed by atoms with Crippen molar-refractivity contribution >= 4 is 16.7 Å². The van der Waals surface area contributed by atoms with Crippen molar-refractivity contribution in [1.29, 1.82) is 0 Å². The van der Waals surface area contributed by atoms with Gasteiger partial charge in [-0.25, -0.2) is 4.98 Å². The number of hydrogen-bond donors (Lipinski definition) is 1. The lowest BCUT2D eigenvalue weighted by atomic mass is 10.0. The maximum Gasteiger partial charge on any atom is 0.182 e. The van der Waals surface area contributed by atoms with Crippen molar-refractivity contribution in [3.8, 4) is 11.1 Å². The van der Waals surface area contributed by atoms with Gasteiger partial charge in [0.2, 0.25) is 0 Å². The van der Waals surface area contributed by atoms with Crippen molar-refractivity contribution in [3.63, 3.8) is 0 Å². The first-order valence-electron chi connectivity index (χ1n) is 7.07. The molecule has 0 aliphatic rings. The Labute approximate surface area is 126 Å². The molecule has 0 aliphatic carbocycles. The van der Waals surface area contributed by atoms with E-state index in [2.05, 4.69) is 10.2 Å². The van der Waals surface area contributed by atoms with Gasteiger partial charge in [-0.05, 0) is 30.2 Å². The Morgan fingerprint density at radius 2 is 1.95 bits per heavy atom. The SMILES string of the molecule is Cc1nc2c(-c3ccccc3)cc(CO)cc2n2cnnc12. The molecule has 0 radical (unpaired) electrons. The first kappa shape index (κ1) is 12.9. The van der Waals surface area contributed by atoms with Gasteiger partial charge in [0.05, 0.1) is 23.3 Å². The summed E-state index contributed by atoms with van der Waals surface area (Å²) in [5.41, 5.74) is 6.26. The van der Waals surface area contributed by atoms with Crippen LogP contribution in [0.3, 0.4) is 0 Å². The number of hydrogen-bond acceptors (Lipinski definition) is 4. The maximum absolute atomic E-state index is 9.58. The van der Waals surface area contributed by atoms with Gasteiger partial charge in [-0.3, -0.25) is 4.40 Å². The molecule has 0 saturated heterocycles. The monoisotopic (exact) mass is 290 g/mol. The van der Waals surface area contributed by atoms with E-state index >= 15 is 0 Å². The third-order valence-electron chi connectivity index (χ3n) is 3.83. The van der Waals surface area contributed by atoms with Gasteiger partial charge in [0.15, 0.2) is 5.65 Å². The van der Waals surface area contributed by atoms with Crippen LogP contribution < -0.4 is 0 Å². The van der Waals surface area contributed by atoms with E-state index in [1.165, 1.54) is 0 Å². The van der Waals surface area contributed by atoms with Gasteiger partial charge in [0.25, 0.3) is 0 Å². The number of rotatable bonds is 2. The normalized spacial score (nSPS) is 11.4. The van der Waals surface area contributed by atoms with Gasteiger partial charge in [-0.15, -0.1) is 10.2 Å². The van der Waals surface area contributed by atoms with Crippen LogP contribution in [0.1, 0.15) is 11.3 Å². The summed E-state index contributed by atoms with van der Waals surface area (Å²) in [6.07, 6.45) is 1.68. The lowest BCUT2D eigenvalue weighted by Crippen LogP contribution is -1.98. The molecule has 4 rings (SSSR count). The minimum atomic E-state index is -0.0206. The van der Waals surface area contributed by atoms with Crippen LogP contribution in [0.4, 0.5) is 0 Å². The molecule has 0 unspecified atom stereocenters. The van der Waals surface area contributed by atoms with Crippen molar-refractivity contribution in [1.82, 2.24) is 19.6 Å². The van der Waals surface area contributed by atoms with Crippen molar-refractivity contribution in [2.45, 2.75) is 13.5 Å². The van der Waals surface area contributed by atoms with E-state index in [1.54, 1.807) is 6.33 Å². The predicted molar refractivity (Wildman–Crippen MR) is 84.4 cm³/mol. The molecule has 5 heteroatoms. The highest BCUT2D eigenvalue weighted by atomic mass is 16.3. The minimum absolute atomic E-state index is 0.0206. The number of aromatic nitrogens is 4. The second-order valence-electron chi connectivity index (χ2n) is 5.26. The van der Waals surface area contributed by atoms with Crippen LogP contribution in [-0.4, -0.2) is 24.7 Å². The van der Waals surface area contributed by atoms with Crippen LogP contribution in [0.5, 0.6) is 0 Å². The molecule has 0 atom stereocenters. The van der Waals surface area contributed by atoms with E-state index in [1.807, 2.05) is 53.8 Å². The van der Waals surface area contributed by atoms with E-state index < -0.39 is 0 Å². The minimum Gasteiger partial charge on any atom is -0.392 e. The summed E-state index contributed by atoms with van der Waals surface area (Å²) in [6, 6.07) is 14.0. The van der Waals surface area contributed by atoms with Crippen LogP contribution in [0.25, 0.3) is 27.8 Å². The second kappa shape index (κ2) is 4.89. The summed E-state index contributed by atoms with van der Waals surface area (Å²) in [5, 5.41) is 17.7. The molecule has 0 spiro atoms. The van der Waals surface area contributed by atoms with Gasteiger partial charge in [-0.1, -0.05) is 30.3 Å². The second-order valence-corrected chi connectivity index (χ2v) is 5.26. The summed E-state index contributed by atoms with van der Waals surface area (Å²) in [7, 11) is 0. The van der Waals surface area contributed by atoms with E-state index in [4.69, 9.17) is 4.98 Å². The Morgan fingerprint density at radius 1 is 1.14 bits per heavy atom. The number of benzene rings is 2. The van der Waals surface area contributed by atoms with Crippen LogP contribution in [0.2, 0.25) is 0 Å². The molecule has 0 fully saturated rings. The van der Waals surface area contributed by atoms with E-state index in [0.29, 0.717) is 0 Å². The van der Waals surface area contributed by atoms with Crippen molar-refractivity contribution in [2.75, 3.05) is 0 Å². The van der Waals surface area contributed by atoms with Crippen molar-refractivity contribution < 1.29 is 5.11 Å². The Kier molecular flexibility index (Phi) is 2.87. The lowest BCUT2D eigenvalue weighted by Gasteiger charge is -2.11. The Hall–Kier alpha value is -2.79. The summed E-state index contributed by atoms with van der Waals surface area (Å²) < 4.78 is 1.92. The molecule has 108 valence electrons. The molecule has 2 heterocycles. The number of fused-ring (bicyclic) bond motifs is 3. The van der Waals surface area contributed by atoms with Gasteiger partial charge < -0.3 is 5.11 Å². The Morgan fingerprint density at radius 3 is 2.73 bits per heavy atom. The van der Waals surface area contributed by atoms with Gasteiger partial charge in [0, 0.05) is 5.56 Å². The highest BCUT2D eigenvalue weighted by Crippen LogP contribution is 2.30. The molecule has 0 amide bonds. The quantitative estimate of drug-likeness (QED) is 0.616. The van der Waals surface area contributed by atoms with E-state index in [9.17, 15) is 5.11 Å². The molecule has 1 N–H and O–H groups in total. The maximum atomic E-state index is 9.58. The molecule has 22 heavy (non-hydrogen) atoms. The number of aliphatic hydroxyl groups is 1. The zero-order valence-corrected chi connectivity index (χ0v) is 12.1. The van der Waals surface area contributed by atoms with Crippen molar-refractivity contribution in [2.24, 2.45) is 0 Å². The highest BCUT2D eigenvalue weighted by molar-refractivity contribution is 5.93. The standard InChI is InChI=1S/C17H14N4O/c1-11-17-20-18-10-21(17)15-8-12(9-22)7-14(16(15)19-11)13-5-3-2-4-6-13/h2-8,10,22H,9H2,1H3. The molecule has 2 aromatic carbocycles. The Balaban J connectivity index is 2.17. The molecular weight excluding hydrogens is 276 g/mol. The predicted octanol–water partition coefficient (Wildman–Crippen LogP) is 2.75. The summed E-state index contributed by atoms with van der Waals surface area (Å²) >= 11 is 0. The summed E-state index contributed by atoms with van der Waals surface area (Å²) in [6.45, 7) is 1.91. The fourth-order valence-electron chi connectivity index (χ4n) is 2.78. The fourth-order valence-corrected chi connectivity index (χ4v) is 2.78. The molecule has 0 saturated carbocycles. The smallest absolute Gasteiger partial charge is 0.182 e. The number of aliphatic hydroxyl groups excluding tert-OH is 1. The third kappa shape index (κ3) is 1.87. The number of aryl methyl sites for hydroxylation is 1. The van der Waals surface area contributed by atoms with E-state index in [0.717, 1.165) is 39.1 Å². The lowest BCUT2D eigenvalue weighted by molar-refractivity contribution is 0.282. The fraction of sp³-hybridized carbons (Fsp3) is 0.118. The van der Waals surface area contributed by atoms with Gasteiger partial charge >= 0.3 is 0 Å². The molecule has 0 aliphatic heterocycles. The molecule has 0 bridgehead atoms. The number of nitrogens with zero attached hydrogens (tertiary/aromatic N) is 4. The van der Waals surface area contributed by atoms with Crippen LogP contribution in [0.15, 0.2) is 48.8 Å². The first-order valence-corrected chi connectivity index (χ1v) is 7.07. The van der Waals surface area contributed by atoms with Crippen LogP contribution in [0, 0.1) is 6.92 Å². The third-order valence-corrected chi connectivity index (χ3v) is 3.83. The summed E-state index contributed by atoms with van der Waals surface area (Å²) in [4.78, 5) is 4.72. The van der Waals surface area contributed by atoms with Crippen LogP contribution in [-0.2, 0) is 6.61 Å². The van der Waals surface area contributed by atoms with Crippen LogP contribution >= 0.6 is 0 Å². The van der Waals surface area contributed by atoms with Gasteiger partial charge in [-0.2, -0.15) is 0 Å². The summed E-state index contributed by atoms with van der Waals surface area (Å²) in [5.74, 6) is 0. The zero-order chi connectivity index (χ0) is 15.1. The first-order chi connectivity index (χ1) is 10.8. The topological polar surface area (TPSA) is 63.3 Å². The van der Waals surface area contributed by atoms with Gasteiger partial charge in [0.1, 0.15) is 6.33 Å². The molecule has 2 aromatic heterocycles. The molecule has 5 nitrogen and oxygen atoms in total. The Bertz CT molecular complexity index is 976. The largest absolute Gasteiger partial charge is 0.392 e. The molecule has 4 aromatic rings. The average Bonchev–Trinajstić information content (AvgIpc) is 3.06. The zero-order valence-electron chi connectivity index (χ0n) is 12.1. The highest BCUT2D eigenvalue weighted by Gasteiger charge is 2.13. The average molecular weight is 290 g/mol.